The zero-order valence-corrected chi connectivity index (χ0v) is 14.1. The van der Waals surface area contributed by atoms with Gasteiger partial charge in [-0.25, -0.2) is 4.39 Å². The van der Waals surface area contributed by atoms with Crippen LogP contribution in [0.1, 0.15) is 61.8 Å². The first-order valence-corrected chi connectivity index (χ1v) is 8.59. The Hall–Kier alpha value is -1.89. The fourth-order valence-corrected chi connectivity index (χ4v) is 5.20. The summed E-state index contributed by atoms with van der Waals surface area (Å²) in [6.45, 7) is 6.81. The molecule has 0 saturated heterocycles. The zero-order chi connectivity index (χ0) is 16.2. The van der Waals surface area contributed by atoms with E-state index in [1.54, 1.807) is 12.1 Å². The van der Waals surface area contributed by atoms with Crippen LogP contribution in [0.25, 0.3) is 6.08 Å². The van der Waals surface area contributed by atoms with Gasteiger partial charge in [-0.05, 0) is 46.2 Å². The van der Waals surface area contributed by atoms with Crippen LogP contribution in [0.5, 0.6) is 0 Å². The first-order valence-electron chi connectivity index (χ1n) is 8.59. The first-order chi connectivity index (χ1) is 11.0. The molecule has 2 aromatic rings. The van der Waals surface area contributed by atoms with E-state index in [0.29, 0.717) is 5.92 Å². The van der Waals surface area contributed by atoms with Crippen LogP contribution >= 0.6 is 0 Å². The van der Waals surface area contributed by atoms with Gasteiger partial charge >= 0.3 is 0 Å². The molecule has 0 radical (unpaired) electrons. The normalized spacial score (nSPS) is 26.5. The Bertz CT molecular complexity index is 799. The maximum Gasteiger partial charge on any atom is 0.123 e. The van der Waals surface area contributed by atoms with E-state index in [1.165, 1.54) is 22.3 Å². The van der Waals surface area contributed by atoms with Crippen molar-refractivity contribution in [3.63, 3.8) is 0 Å². The van der Waals surface area contributed by atoms with Gasteiger partial charge in [0.25, 0.3) is 0 Å². The zero-order valence-electron chi connectivity index (χ0n) is 14.1. The van der Waals surface area contributed by atoms with Gasteiger partial charge in [0.15, 0.2) is 0 Å². The predicted molar refractivity (Wildman–Crippen MR) is 94.2 cm³/mol. The molecule has 4 rings (SSSR count). The van der Waals surface area contributed by atoms with Crippen LogP contribution in [0.2, 0.25) is 0 Å². The molecule has 1 heteroatoms. The minimum absolute atomic E-state index is 0.00433. The fraction of sp³-hybridized carbons (Fsp3) is 0.364. The largest absolute Gasteiger partial charge is 0.207 e. The van der Waals surface area contributed by atoms with Gasteiger partial charge in [0.05, 0.1) is 0 Å². The Morgan fingerprint density at radius 3 is 2.61 bits per heavy atom. The van der Waals surface area contributed by atoms with Gasteiger partial charge in [-0.1, -0.05) is 69.7 Å². The predicted octanol–water partition coefficient (Wildman–Crippen LogP) is 5.97. The molecule has 2 aliphatic carbocycles. The lowest BCUT2D eigenvalue weighted by molar-refractivity contribution is 0.318. The summed E-state index contributed by atoms with van der Waals surface area (Å²) in [5, 5.41) is 0. The molecule has 0 spiro atoms. The van der Waals surface area contributed by atoms with E-state index in [4.69, 9.17) is 0 Å². The second-order valence-corrected chi connectivity index (χ2v) is 7.60. The number of halogens is 1. The van der Waals surface area contributed by atoms with Gasteiger partial charge in [0.2, 0.25) is 0 Å². The molecule has 0 fully saturated rings. The number of fused-ring (bicyclic) bond motifs is 5. The first kappa shape index (κ1) is 14.7. The van der Waals surface area contributed by atoms with Gasteiger partial charge in [-0.3, -0.25) is 0 Å². The summed E-state index contributed by atoms with van der Waals surface area (Å²) in [6.07, 6.45) is 6.89. The highest BCUT2D eigenvalue weighted by Crippen LogP contribution is 2.63. The van der Waals surface area contributed by atoms with E-state index in [2.05, 4.69) is 57.2 Å². The van der Waals surface area contributed by atoms with E-state index in [9.17, 15) is 4.39 Å². The third-order valence-electron chi connectivity index (χ3n) is 5.95. The Morgan fingerprint density at radius 2 is 1.83 bits per heavy atom. The van der Waals surface area contributed by atoms with Gasteiger partial charge in [0.1, 0.15) is 5.82 Å². The van der Waals surface area contributed by atoms with Crippen molar-refractivity contribution in [2.75, 3.05) is 0 Å². The summed E-state index contributed by atoms with van der Waals surface area (Å²) in [4.78, 5) is 0. The van der Waals surface area contributed by atoms with Crippen LogP contribution in [-0.2, 0) is 10.8 Å². The highest BCUT2D eigenvalue weighted by atomic mass is 19.1. The molecule has 0 nitrogen and oxygen atoms in total. The molecule has 0 saturated carbocycles. The summed E-state index contributed by atoms with van der Waals surface area (Å²) in [7, 11) is 0. The molecular formula is C22H23F. The summed E-state index contributed by atoms with van der Waals surface area (Å²) < 4.78 is 14.0. The summed E-state index contributed by atoms with van der Waals surface area (Å²) in [5.74, 6) is 0.243. The number of hydrogen-bond donors (Lipinski definition) is 0. The number of allylic oxidation sites excluding steroid dienone is 1. The van der Waals surface area contributed by atoms with Crippen LogP contribution in [-0.4, -0.2) is 0 Å². The van der Waals surface area contributed by atoms with Crippen molar-refractivity contribution in [2.45, 2.75) is 50.4 Å². The van der Waals surface area contributed by atoms with Crippen molar-refractivity contribution in [3.8, 4) is 0 Å². The third-order valence-corrected chi connectivity index (χ3v) is 5.95. The second-order valence-electron chi connectivity index (χ2n) is 7.60. The molecular weight excluding hydrogens is 283 g/mol. The summed E-state index contributed by atoms with van der Waals surface area (Å²) in [5.41, 5.74) is 5.14. The molecule has 2 atom stereocenters. The summed E-state index contributed by atoms with van der Waals surface area (Å²) in [6, 6.07) is 14.1. The minimum atomic E-state index is -0.126. The van der Waals surface area contributed by atoms with Crippen LogP contribution < -0.4 is 0 Å². The van der Waals surface area contributed by atoms with Crippen LogP contribution in [0, 0.1) is 5.82 Å². The van der Waals surface area contributed by atoms with Crippen molar-refractivity contribution in [3.05, 3.63) is 76.6 Å². The van der Waals surface area contributed by atoms with Crippen molar-refractivity contribution >= 4 is 6.08 Å². The quantitative estimate of drug-likeness (QED) is 0.641. The Kier molecular flexibility index (Phi) is 3.07. The number of benzene rings is 2. The molecule has 0 aromatic heterocycles. The number of hydrogen-bond acceptors (Lipinski definition) is 0. The van der Waals surface area contributed by atoms with E-state index < -0.39 is 0 Å². The lowest BCUT2D eigenvalue weighted by Gasteiger charge is -2.42. The monoisotopic (exact) mass is 306 g/mol. The lowest BCUT2D eigenvalue weighted by Crippen LogP contribution is -2.36. The average Bonchev–Trinajstić information content (AvgIpc) is 2.73. The molecule has 2 aromatic carbocycles. The van der Waals surface area contributed by atoms with Crippen LogP contribution in [0.15, 0.2) is 48.5 Å². The Morgan fingerprint density at radius 1 is 1.04 bits per heavy atom. The fourth-order valence-electron chi connectivity index (χ4n) is 5.20. The van der Waals surface area contributed by atoms with Crippen molar-refractivity contribution in [2.24, 2.45) is 0 Å². The highest BCUT2D eigenvalue weighted by Gasteiger charge is 2.56. The molecule has 23 heavy (non-hydrogen) atoms. The Labute approximate surface area is 138 Å². The summed E-state index contributed by atoms with van der Waals surface area (Å²) >= 11 is 0. The molecule has 0 bridgehead atoms. The van der Waals surface area contributed by atoms with E-state index >= 15 is 0 Å². The lowest BCUT2D eigenvalue weighted by atomic mass is 9.60. The average molecular weight is 306 g/mol. The Balaban J connectivity index is 2.05. The van der Waals surface area contributed by atoms with Gasteiger partial charge in [-0.15, -0.1) is 0 Å². The standard InChI is InChI=1S/C22H23F/c1-4-12-22-13-11-15-7-5-6-8-17(15)20(22)21(2,3)19-14-16(23)9-10-18(19)22/h5-11,13-14,20H,4,12H2,1-3H3/t20-,22+/m0/s1. The van der Waals surface area contributed by atoms with Crippen LogP contribution in [0.3, 0.4) is 0 Å². The number of rotatable bonds is 2. The van der Waals surface area contributed by atoms with Crippen molar-refractivity contribution < 1.29 is 4.39 Å². The van der Waals surface area contributed by atoms with E-state index in [1.807, 2.05) is 6.07 Å². The van der Waals surface area contributed by atoms with E-state index in [0.717, 1.165) is 12.8 Å². The van der Waals surface area contributed by atoms with E-state index in [-0.39, 0.29) is 16.6 Å². The van der Waals surface area contributed by atoms with Gasteiger partial charge in [-0.2, -0.15) is 0 Å². The second kappa shape index (κ2) is 4.80. The highest BCUT2D eigenvalue weighted by molar-refractivity contribution is 5.68. The molecule has 0 amide bonds. The van der Waals surface area contributed by atoms with Crippen molar-refractivity contribution in [1.82, 2.24) is 0 Å². The molecule has 0 unspecified atom stereocenters. The maximum absolute atomic E-state index is 14.0. The topological polar surface area (TPSA) is 0 Å². The van der Waals surface area contributed by atoms with Crippen molar-refractivity contribution in [1.29, 1.82) is 0 Å². The molecule has 118 valence electrons. The maximum atomic E-state index is 14.0. The third kappa shape index (κ3) is 1.83. The van der Waals surface area contributed by atoms with Crippen LogP contribution in [0.4, 0.5) is 4.39 Å². The molecule has 0 N–H and O–H groups in total. The molecule has 0 heterocycles. The smallest absolute Gasteiger partial charge is 0.123 e. The molecule has 0 aliphatic heterocycles. The minimum Gasteiger partial charge on any atom is -0.207 e. The SMILES string of the molecule is CCC[C@]12C=Cc3ccccc3[C@H]1C(C)(C)c1cc(F)ccc12. The molecule has 2 aliphatic rings. The van der Waals surface area contributed by atoms with Gasteiger partial charge in [0, 0.05) is 11.3 Å². The van der Waals surface area contributed by atoms with Gasteiger partial charge < -0.3 is 0 Å².